The van der Waals surface area contributed by atoms with Crippen molar-refractivity contribution in [2.24, 2.45) is 5.92 Å². The van der Waals surface area contributed by atoms with Crippen molar-refractivity contribution in [2.45, 2.75) is 42.7 Å². The minimum absolute atomic E-state index is 0.443. The first kappa shape index (κ1) is 11.9. The zero-order valence-corrected chi connectivity index (χ0v) is 13.3. The minimum atomic E-state index is -0.500. The molecule has 1 unspecified atom stereocenters. The van der Waals surface area contributed by atoms with Gasteiger partial charge in [0.25, 0.3) is 0 Å². The Balaban J connectivity index is 1.78. The van der Waals surface area contributed by atoms with E-state index in [2.05, 4.69) is 44.2 Å². The summed E-state index contributed by atoms with van der Waals surface area (Å²) in [5, 5.41) is 0. The molecule has 1 heteroatoms. The van der Waals surface area contributed by atoms with Crippen LogP contribution in [0, 0.1) is 5.92 Å². The molecule has 0 spiro atoms. The van der Waals surface area contributed by atoms with Crippen LogP contribution in [0.2, 0.25) is 3.12 Å². The Labute approximate surface area is 116 Å². The van der Waals surface area contributed by atoms with E-state index in [-0.39, 0.29) is 0 Å². The molecule has 3 aliphatic carbocycles. The first-order valence-corrected chi connectivity index (χ1v) is 9.22. The summed E-state index contributed by atoms with van der Waals surface area (Å²) in [6.45, 7) is 4.87. The van der Waals surface area contributed by atoms with Gasteiger partial charge >= 0.3 is 117 Å². The van der Waals surface area contributed by atoms with E-state index in [0.717, 1.165) is 5.92 Å². The molecule has 0 aromatic heterocycles. The Morgan fingerprint density at radius 1 is 1.18 bits per heavy atom. The third-order valence-corrected chi connectivity index (χ3v) is 8.56. The monoisotopic (exact) mass is 302 g/mol. The second kappa shape index (κ2) is 4.50. The van der Waals surface area contributed by atoms with Crippen LogP contribution >= 0.6 is 0 Å². The van der Waals surface area contributed by atoms with Crippen LogP contribution in [-0.2, 0) is 23.2 Å². The summed E-state index contributed by atoms with van der Waals surface area (Å²) in [4.78, 5) is 0. The Morgan fingerprint density at radius 3 is 2.59 bits per heavy atom. The fraction of sp³-hybridized carbons (Fsp3) is 0.500. The van der Waals surface area contributed by atoms with Crippen molar-refractivity contribution in [3.63, 3.8) is 0 Å². The van der Waals surface area contributed by atoms with Gasteiger partial charge < -0.3 is 0 Å². The average molecular weight is 304 g/mol. The molecule has 0 aromatic carbocycles. The van der Waals surface area contributed by atoms with Crippen molar-refractivity contribution < 1.29 is 23.2 Å². The molecule has 88 valence electrons. The van der Waals surface area contributed by atoms with Crippen LogP contribution in [0.25, 0.3) is 0 Å². The van der Waals surface area contributed by atoms with Crippen LogP contribution in [0.3, 0.4) is 0 Å². The Morgan fingerprint density at radius 2 is 1.88 bits per heavy atom. The molecule has 1 atom stereocenters. The van der Waals surface area contributed by atoms with E-state index in [0.29, 0.717) is 3.12 Å². The van der Waals surface area contributed by atoms with Crippen molar-refractivity contribution >= 4 is 0 Å². The molecule has 0 aromatic rings. The molecule has 17 heavy (non-hydrogen) atoms. The Bertz CT molecular complexity index is 436. The van der Waals surface area contributed by atoms with E-state index < -0.39 is 23.2 Å². The van der Waals surface area contributed by atoms with Gasteiger partial charge in [-0.05, 0) is 0 Å². The van der Waals surface area contributed by atoms with Gasteiger partial charge in [0.15, 0.2) is 0 Å². The molecule has 0 radical (unpaired) electrons. The van der Waals surface area contributed by atoms with Crippen molar-refractivity contribution in [2.75, 3.05) is 0 Å². The molecule has 0 heterocycles. The third-order valence-electron chi connectivity index (χ3n) is 4.28. The molecule has 0 nitrogen and oxygen atoms in total. The van der Waals surface area contributed by atoms with Gasteiger partial charge in [-0.3, -0.25) is 0 Å². The number of hydrogen-bond donors (Lipinski definition) is 0. The summed E-state index contributed by atoms with van der Waals surface area (Å²) in [6.07, 6.45) is 17.5. The van der Waals surface area contributed by atoms with Gasteiger partial charge in [-0.2, -0.15) is 0 Å². The zero-order valence-electron chi connectivity index (χ0n) is 10.8. The molecule has 0 bridgehead atoms. The summed E-state index contributed by atoms with van der Waals surface area (Å²) in [6, 6.07) is 0. The molecule has 0 aliphatic heterocycles. The van der Waals surface area contributed by atoms with Crippen LogP contribution < -0.4 is 0 Å². The van der Waals surface area contributed by atoms with Crippen LogP contribution in [0.5, 0.6) is 0 Å². The quantitative estimate of drug-likeness (QED) is 0.689. The zero-order chi connectivity index (χ0) is 11.9. The van der Waals surface area contributed by atoms with E-state index in [4.69, 9.17) is 0 Å². The normalized spacial score (nSPS) is 29.5. The molecular formula is C16H20Zr. The SMILES string of the molecule is CC1[C]([Zr][C]2(C)C=CC=C2)=CC2=C1CCCC2. The fourth-order valence-electron chi connectivity index (χ4n) is 3.22. The van der Waals surface area contributed by atoms with Crippen LogP contribution in [-0.4, -0.2) is 0 Å². The molecule has 0 N–H and O–H groups in total. The molecule has 3 rings (SSSR count). The van der Waals surface area contributed by atoms with Crippen molar-refractivity contribution in [3.05, 3.63) is 44.8 Å². The van der Waals surface area contributed by atoms with E-state index >= 15 is 0 Å². The number of rotatable bonds is 2. The summed E-state index contributed by atoms with van der Waals surface area (Å²) >= 11 is -0.500. The van der Waals surface area contributed by atoms with Gasteiger partial charge in [0.05, 0.1) is 0 Å². The van der Waals surface area contributed by atoms with Crippen molar-refractivity contribution in [3.8, 4) is 0 Å². The van der Waals surface area contributed by atoms with Gasteiger partial charge in [-0.1, -0.05) is 0 Å². The summed E-state index contributed by atoms with van der Waals surface area (Å²) < 4.78 is 2.28. The topological polar surface area (TPSA) is 0 Å². The van der Waals surface area contributed by atoms with Crippen LogP contribution in [0.4, 0.5) is 0 Å². The summed E-state index contributed by atoms with van der Waals surface area (Å²) in [5.74, 6) is 0.788. The predicted octanol–water partition coefficient (Wildman–Crippen LogP) is 4.78. The molecule has 0 fully saturated rings. The second-order valence-electron chi connectivity index (χ2n) is 5.70. The standard InChI is InChI=1S/C10H13.C6H7.Zr/c1-8-6-7-9-4-2-3-5-10(8)9;1-6-4-2-3-5-6;/h7-8H,2-5H2,1H3;2-5H,1H3;. The summed E-state index contributed by atoms with van der Waals surface area (Å²) in [7, 11) is 0. The second-order valence-corrected chi connectivity index (χ2v) is 10.4. The fourth-order valence-corrected chi connectivity index (χ4v) is 7.19. The van der Waals surface area contributed by atoms with E-state index in [9.17, 15) is 0 Å². The maximum absolute atomic E-state index is 2.59. The predicted molar refractivity (Wildman–Crippen MR) is 69.4 cm³/mol. The molecule has 3 aliphatic rings. The van der Waals surface area contributed by atoms with Gasteiger partial charge in [0, 0.05) is 0 Å². The van der Waals surface area contributed by atoms with E-state index in [1.165, 1.54) is 25.7 Å². The molecular weight excluding hydrogens is 283 g/mol. The molecule has 0 saturated heterocycles. The first-order chi connectivity index (χ1) is 8.18. The molecule has 0 amide bonds. The van der Waals surface area contributed by atoms with Gasteiger partial charge in [-0.25, -0.2) is 0 Å². The molecule has 0 saturated carbocycles. The van der Waals surface area contributed by atoms with Crippen LogP contribution in [0.15, 0.2) is 44.8 Å². The first-order valence-electron chi connectivity index (χ1n) is 6.77. The van der Waals surface area contributed by atoms with Gasteiger partial charge in [0.2, 0.25) is 0 Å². The maximum atomic E-state index is 2.59. The van der Waals surface area contributed by atoms with E-state index in [1.807, 2.05) is 3.28 Å². The van der Waals surface area contributed by atoms with Gasteiger partial charge in [0.1, 0.15) is 0 Å². The number of hydrogen-bond acceptors (Lipinski definition) is 0. The Kier molecular flexibility index (Phi) is 3.15. The third kappa shape index (κ3) is 2.24. The number of allylic oxidation sites excluding steroid dienone is 8. The van der Waals surface area contributed by atoms with Crippen LogP contribution in [0.1, 0.15) is 39.5 Å². The average Bonchev–Trinajstić information content (AvgIpc) is 2.86. The van der Waals surface area contributed by atoms with Crippen molar-refractivity contribution in [1.29, 1.82) is 0 Å². The van der Waals surface area contributed by atoms with Crippen molar-refractivity contribution in [1.82, 2.24) is 0 Å². The van der Waals surface area contributed by atoms with Gasteiger partial charge in [-0.15, -0.1) is 0 Å². The summed E-state index contributed by atoms with van der Waals surface area (Å²) in [5.41, 5.74) is 3.51. The Hall–Kier alpha value is -0.157. The van der Waals surface area contributed by atoms with E-state index in [1.54, 1.807) is 11.1 Å².